The zero-order chi connectivity index (χ0) is 18.7. The molecule has 1 aliphatic heterocycles. The summed E-state index contributed by atoms with van der Waals surface area (Å²) in [7, 11) is 0. The minimum Gasteiger partial charge on any atom is -0.451 e. The first-order chi connectivity index (χ1) is 12.4. The van der Waals surface area contributed by atoms with Crippen molar-refractivity contribution in [1.29, 1.82) is 0 Å². The highest BCUT2D eigenvalue weighted by molar-refractivity contribution is 7.98. The maximum absolute atomic E-state index is 12.8. The van der Waals surface area contributed by atoms with Gasteiger partial charge in [-0.2, -0.15) is 0 Å². The fraction of sp³-hybridized carbons (Fsp3) is 0.524. The zero-order valence-corrected chi connectivity index (χ0v) is 16.6. The fourth-order valence-electron chi connectivity index (χ4n) is 3.91. The zero-order valence-electron chi connectivity index (χ0n) is 15.8. The van der Waals surface area contributed by atoms with Crippen molar-refractivity contribution in [2.45, 2.75) is 56.4 Å². The summed E-state index contributed by atoms with van der Waals surface area (Å²) in [5.74, 6) is 0.134. The van der Waals surface area contributed by atoms with Gasteiger partial charge >= 0.3 is 5.97 Å². The second-order valence-corrected chi connectivity index (χ2v) is 8.30. The lowest BCUT2D eigenvalue weighted by Crippen LogP contribution is -2.42. The van der Waals surface area contributed by atoms with Crippen LogP contribution in [0.5, 0.6) is 0 Å². The van der Waals surface area contributed by atoms with E-state index in [-0.39, 0.29) is 11.9 Å². The van der Waals surface area contributed by atoms with Gasteiger partial charge in [0.25, 0.3) is 5.91 Å². The van der Waals surface area contributed by atoms with Crippen molar-refractivity contribution in [2.24, 2.45) is 5.92 Å². The molecule has 0 bridgehead atoms. The topological polar surface area (TPSA) is 55.4 Å². The Morgan fingerprint density at radius 1 is 1.27 bits per heavy atom. The second-order valence-electron chi connectivity index (χ2n) is 7.42. The number of rotatable bonds is 5. The number of carbonyl (C=O) groups is 2. The molecule has 1 saturated carbocycles. The Labute approximate surface area is 159 Å². The average Bonchev–Trinajstić information content (AvgIpc) is 2.88. The maximum atomic E-state index is 12.8. The van der Waals surface area contributed by atoms with Gasteiger partial charge < -0.3 is 10.1 Å². The first kappa shape index (κ1) is 19.0. The first-order valence-electron chi connectivity index (χ1n) is 9.31. The van der Waals surface area contributed by atoms with Crippen LogP contribution in [-0.4, -0.2) is 30.3 Å². The molecule has 1 fully saturated rings. The second kappa shape index (κ2) is 7.87. The number of carbonyl (C=O) groups excluding carboxylic acids is 2. The summed E-state index contributed by atoms with van der Waals surface area (Å²) in [6.07, 6.45) is 6.29. The van der Waals surface area contributed by atoms with Crippen molar-refractivity contribution < 1.29 is 14.3 Å². The van der Waals surface area contributed by atoms with E-state index < -0.39 is 5.60 Å². The molecule has 1 aromatic carbocycles. The molecule has 0 saturated heterocycles. The van der Waals surface area contributed by atoms with Crippen molar-refractivity contribution >= 4 is 23.6 Å². The van der Waals surface area contributed by atoms with Crippen LogP contribution in [0.15, 0.2) is 40.3 Å². The van der Waals surface area contributed by atoms with Crippen LogP contribution in [-0.2, 0) is 20.7 Å². The maximum Gasteiger partial charge on any atom is 0.335 e. The molecular formula is C21H27NO3S. The molecule has 5 heteroatoms. The summed E-state index contributed by atoms with van der Waals surface area (Å²) in [5.41, 5.74) is 1.53. The summed E-state index contributed by atoms with van der Waals surface area (Å²) in [5, 5.41) is 3.00. The molecular weight excluding hydrogens is 346 g/mol. The third-order valence-electron chi connectivity index (χ3n) is 5.59. The van der Waals surface area contributed by atoms with Gasteiger partial charge in [-0.3, -0.25) is 4.79 Å². The summed E-state index contributed by atoms with van der Waals surface area (Å²) >= 11 is 1.71. The van der Waals surface area contributed by atoms with E-state index >= 15 is 0 Å². The van der Waals surface area contributed by atoms with Gasteiger partial charge in [0.1, 0.15) is 5.60 Å². The number of nitrogens with one attached hydrogen (secondary N) is 1. The third kappa shape index (κ3) is 3.83. The molecule has 1 heterocycles. The summed E-state index contributed by atoms with van der Waals surface area (Å²) in [4.78, 5) is 26.2. The predicted octanol–water partition coefficient (Wildman–Crippen LogP) is 3.89. The van der Waals surface area contributed by atoms with Crippen LogP contribution in [0.1, 0.15) is 45.1 Å². The van der Waals surface area contributed by atoms with E-state index in [0.29, 0.717) is 23.6 Å². The lowest BCUT2D eigenvalue weighted by atomic mass is 9.75. The highest BCUT2D eigenvalue weighted by Crippen LogP contribution is 2.45. The third-order valence-corrected chi connectivity index (χ3v) is 6.34. The number of ether oxygens (including phenoxy) is 1. The minimum atomic E-state index is -0.697. The molecule has 140 valence electrons. The lowest BCUT2D eigenvalue weighted by molar-refractivity contribution is -0.150. The Balaban J connectivity index is 1.64. The standard InChI is InChI=1S/C21H27NO3S/c1-14-8-11-21(12-9-14)18(15(2)20(24)25-21)19(23)22-13-10-16-4-6-17(26-3)7-5-16/h4-7,14H,8-13H2,1-3H3,(H,22,23). The molecule has 1 aliphatic carbocycles. The highest BCUT2D eigenvalue weighted by atomic mass is 32.2. The van der Waals surface area contributed by atoms with Crippen LogP contribution >= 0.6 is 11.8 Å². The minimum absolute atomic E-state index is 0.149. The Kier molecular flexibility index (Phi) is 5.76. The van der Waals surface area contributed by atoms with Gasteiger partial charge in [0.2, 0.25) is 0 Å². The van der Waals surface area contributed by atoms with E-state index in [1.807, 2.05) is 0 Å². The van der Waals surface area contributed by atoms with Gasteiger partial charge in [-0.15, -0.1) is 11.8 Å². The molecule has 0 aromatic heterocycles. The van der Waals surface area contributed by atoms with Gasteiger partial charge in [-0.1, -0.05) is 19.1 Å². The number of amides is 1. The van der Waals surface area contributed by atoms with E-state index in [4.69, 9.17) is 4.74 Å². The monoisotopic (exact) mass is 373 g/mol. The van der Waals surface area contributed by atoms with Crippen LogP contribution in [0.4, 0.5) is 0 Å². The van der Waals surface area contributed by atoms with Crippen LogP contribution < -0.4 is 5.32 Å². The average molecular weight is 374 g/mol. The fourth-order valence-corrected chi connectivity index (χ4v) is 4.32. The Hall–Kier alpha value is -1.75. The normalized spacial score (nSPS) is 25.5. The van der Waals surface area contributed by atoms with Crippen LogP contribution in [0.2, 0.25) is 0 Å². The summed E-state index contributed by atoms with van der Waals surface area (Å²) in [6.45, 7) is 4.47. The molecule has 1 aromatic rings. The van der Waals surface area contributed by atoms with E-state index in [1.165, 1.54) is 10.5 Å². The Morgan fingerprint density at radius 3 is 2.54 bits per heavy atom. The van der Waals surface area contributed by atoms with Crippen molar-refractivity contribution in [1.82, 2.24) is 5.32 Å². The molecule has 26 heavy (non-hydrogen) atoms. The quantitative estimate of drug-likeness (QED) is 0.628. The molecule has 1 N–H and O–H groups in total. The highest BCUT2D eigenvalue weighted by Gasteiger charge is 2.50. The first-order valence-corrected chi connectivity index (χ1v) is 10.5. The van der Waals surface area contributed by atoms with Crippen molar-refractivity contribution in [3.8, 4) is 0 Å². The smallest absolute Gasteiger partial charge is 0.335 e. The van der Waals surface area contributed by atoms with Gasteiger partial charge in [-0.25, -0.2) is 4.79 Å². The molecule has 2 aliphatic rings. The molecule has 0 radical (unpaired) electrons. The number of thioether (sulfide) groups is 1. The predicted molar refractivity (Wildman–Crippen MR) is 104 cm³/mol. The van der Waals surface area contributed by atoms with E-state index in [0.717, 1.165) is 32.1 Å². The molecule has 0 atom stereocenters. The van der Waals surface area contributed by atoms with Gasteiger partial charge in [0, 0.05) is 17.0 Å². The molecule has 0 unspecified atom stereocenters. The number of benzene rings is 1. The van der Waals surface area contributed by atoms with Crippen LogP contribution in [0, 0.1) is 5.92 Å². The van der Waals surface area contributed by atoms with Crippen molar-refractivity contribution in [3.63, 3.8) is 0 Å². The lowest BCUT2D eigenvalue weighted by Gasteiger charge is -2.36. The summed E-state index contributed by atoms with van der Waals surface area (Å²) in [6, 6.07) is 8.37. The van der Waals surface area contributed by atoms with E-state index in [2.05, 4.69) is 42.8 Å². The Morgan fingerprint density at radius 2 is 1.92 bits per heavy atom. The molecule has 1 spiro atoms. The Bertz CT molecular complexity index is 715. The van der Waals surface area contributed by atoms with Crippen LogP contribution in [0.25, 0.3) is 0 Å². The summed E-state index contributed by atoms with van der Waals surface area (Å²) < 4.78 is 5.70. The number of esters is 1. The van der Waals surface area contributed by atoms with Gasteiger partial charge in [0.05, 0.1) is 5.57 Å². The SMILES string of the molecule is CSc1ccc(CCNC(=O)C2=C(C)C(=O)OC23CCC(C)CC3)cc1. The van der Waals surface area contributed by atoms with Crippen molar-refractivity contribution in [3.05, 3.63) is 41.0 Å². The van der Waals surface area contributed by atoms with Crippen molar-refractivity contribution in [2.75, 3.05) is 12.8 Å². The van der Waals surface area contributed by atoms with Gasteiger partial charge in [0.15, 0.2) is 0 Å². The molecule has 4 nitrogen and oxygen atoms in total. The van der Waals surface area contributed by atoms with E-state index in [1.54, 1.807) is 18.7 Å². The van der Waals surface area contributed by atoms with Gasteiger partial charge in [-0.05, 0) is 68.9 Å². The largest absolute Gasteiger partial charge is 0.451 e. The van der Waals surface area contributed by atoms with Crippen LogP contribution in [0.3, 0.4) is 0 Å². The molecule has 3 rings (SSSR count). The number of hydrogen-bond acceptors (Lipinski definition) is 4. The number of hydrogen-bond donors (Lipinski definition) is 1. The van der Waals surface area contributed by atoms with E-state index in [9.17, 15) is 9.59 Å². The molecule has 1 amide bonds.